The zero-order valence-electron chi connectivity index (χ0n) is 47.2. The average Bonchev–Trinajstić information content (AvgIpc) is 1.86. The Morgan fingerprint density at radius 2 is 1.12 bits per heavy atom. The molecule has 0 bridgehead atoms. The van der Waals surface area contributed by atoms with E-state index in [9.17, 15) is 45.8 Å². The molecule has 466 valence electrons. The number of nitrogens with one attached hydrogen (secondary N) is 1. The second-order valence-corrected chi connectivity index (χ2v) is 23.4. The number of halogens is 9. The predicted molar refractivity (Wildman–Crippen MR) is 327 cm³/mol. The highest BCUT2D eigenvalue weighted by atomic mass is 35.5. The van der Waals surface area contributed by atoms with Crippen LogP contribution < -0.4 is 26.3 Å². The van der Waals surface area contributed by atoms with Crippen LogP contribution in [0.2, 0.25) is 10.0 Å². The number of nitrogens with two attached hydrogens (primary N) is 2. The van der Waals surface area contributed by atoms with Crippen molar-refractivity contribution in [2.45, 2.75) is 89.7 Å². The number of alkyl carbamates (subject to hydrolysis) is 1. The second kappa shape index (κ2) is 27.0. The molecule has 0 spiro atoms. The van der Waals surface area contributed by atoms with Crippen molar-refractivity contribution >= 4 is 103 Å². The molecule has 0 unspecified atom stereocenters. The fraction of sp³-hybridized carbons (Fsp3) is 0.237. The number of aromatic nitrogens is 8. The van der Waals surface area contributed by atoms with Gasteiger partial charge in [-0.15, -0.1) is 35.1 Å². The van der Waals surface area contributed by atoms with E-state index in [1.807, 2.05) is 0 Å². The van der Waals surface area contributed by atoms with Crippen LogP contribution >= 0.6 is 58.3 Å². The molecule has 10 aromatic rings. The number of aryl methyl sites for hydroxylation is 2. The van der Waals surface area contributed by atoms with E-state index < -0.39 is 60.3 Å². The van der Waals surface area contributed by atoms with E-state index in [1.54, 1.807) is 106 Å². The smallest absolute Gasteiger partial charge is 0.429 e. The molecule has 6 heterocycles. The van der Waals surface area contributed by atoms with Gasteiger partial charge in [0.05, 0.1) is 33.8 Å². The van der Waals surface area contributed by atoms with E-state index >= 15 is 0 Å². The topological polar surface area (TPSA) is 271 Å². The summed E-state index contributed by atoms with van der Waals surface area (Å²) < 4.78 is 107. The number of aliphatic carboxylic acids is 2. The third-order valence-electron chi connectivity index (χ3n) is 13.0. The number of anilines is 1. The Balaban J connectivity index is 0.000000230. The summed E-state index contributed by atoms with van der Waals surface area (Å²) in [5.41, 5.74) is 16.3. The minimum absolute atomic E-state index is 0. The van der Waals surface area contributed by atoms with Crippen LogP contribution in [0.3, 0.4) is 0 Å². The van der Waals surface area contributed by atoms with E-state index in [4.69, 9.17) is 54.0 Å². The lowest BCUT2D eigenvalue weighted by Crippen LogP contribution is -2.44. The molecule has 4 aromatic carbocycles. The van der Waals surface area contributed by atoms with Crippen LogP contribution in [-0.2, 0) is 27.2 Å². The summed E-state index contributed by atoms with van der Waals surface area (Å²) in [6, 6.07) is 22.8. The van der Waals surface area contributed by atoms with Crippen molar-refractivity contribution in [2.24, 2.45) is 5.73 Å². The number of hydrogen-bond acceptors (Lipinski definition) is 16. The second-order valence-electron chi connectivity index (χ2n) is 20.8. The third kappa shape index (κ3) is 16.0. The van der Waals surface area contributed by atoms with E-state index in [-0.39, 0.29) is 80.2 Å². The van der Waals surface area contributed by atoms with Gasteiger partial charge in [-0.05, 0) is 99.7 Å². The number of nitrogens with zero attached hydrogens (tertiary/aromatic N) is 8. The minimum Gasteiger partial charge on any atom is -0.480 e. The fourth-order valence-corrected chi connectivity index (χ4v) is 11.2. The summed E-state index contributed by atoms with van der Waals surface area (Å²) in [6.45, 7) is 8.44. The number of carbonyl (C=O) groups is 3. The van der Waals surface area contributed by atoms with E-state index in [0.717, 1.165) is 29.0 Å². The number of alkyl halides is 6. The van der Waals surface area contributed by atoms with Gasteiger partial charge in [-0.2, -0.15) is 41.5 Å². The Kier molecular flexibility index (Phi) is 20.1. The molecule has 7 N–H and O–H groups in total. The van der Waals surface area contributed by atoms with Crippen LogP contribution in [-0.4, -0.2) is 97.8 Å². The average molecular weight is 1330 g/mol. The number of fused-ring (bicyclic) bond motifs is 2. The monoisotopic (exact) mass is 1330 g/mol. The maximum Gasteiger partial charge on any atom is 0.429 e. The zero-order chi connectivity index (χ0) is 63.6. The molecule has 6 aromatic heterocycles. The van der Waals surface area contributed by atoms with E-state index in [2.05, 4.69) is 35.5 Å². The fourth-order valence-electron chi connectivity index (χ4n) is 8.99. The van der Waals surface area contributed by atoms with Crippen molar-refractivity contribution in [3.8, 4) is 45.4 Å². The highest BCUT2D eigenvalue weighted by Gasteiger charge is 2.47. The third-order valence-corrected chi connectivity index (χ3v) is 15.4. The van der Waals surface area contributed by atoms with Gasteiger partial charge < -0.3 is 41.2 Å². The first-order valence-electron chi connectivity index (χ1n) is 26.3. The first kappa shape index (κ1) is 66.4. The molecular weight excluding hydrogens is 1280 g/mol. The molecule has 1 amide bonds. The molecule has 0 saturated carbocycles. The number of ether oxygens (including phenoxy) is 3. The molecule has 0 aliphatic heterocycles. The Morgan fingerprint density at radius 3 is 1.57 bits per heavy atom. The van der Waals surface area contributed by atoms with Gasteiger partial charge in [0, 0.05) is 61.9 Å². The highest BCUT2D eigenvalue weighted by Crippen LogP contribution is 2.46. The Bertz CT molecular complexity index is 4200. The van der Waals surface area contributed by atoms with Gasteiger partial charge in [0.25, 0.3) is 0 Å². The lowest BCUT2D eigenvalue weighted by atomic mass is 10.0. The van der Waals surface area contributed by atoms with Crippen LogP contribution in [0.5, 0.6) is 11.8 Å². The van der Waals surface area contributed by atoms with Gasteiger partial charge in [0.15, 0.2) is 0 Å². The first-order valence-corrected chi connectivity index (χ1v) is 28.8. The Labute approximate surface area is 526 Å². The molecule has 4 atom stereocenters. The number of thiophene rings is 2. The number of hydrogen-bond donors (Lipinski definition) is 5. The number of benzene rings is 4. The summed E-state index contributed by atoms with van der Waals surface area (Å²) in [4.78, 5) is 51.7. The predicted octanol–water partition coefficient (Wildman–Crippen LogP) is 13.9. The minimum atomic E-state index is -4.84. The number of carbonyl (C=O) groups excluding carboxylic acids is 1. The standard InChI is InChI=1S/C32H29ClF3N5O5S.C27H22ClF3N6O3S.ClH/c1-17-11-12-41(40-17)24-14-20(33)9-10-21(24)27(32(34,35)36)45-28-26-25(37-16-38-28)22(15-47-26)19-7-5-18(6-8-19)13-23(29(42)43)39-30(44)46-31(2,3)4;1-13-8-9-37(36-13)20-11-16(28)6-7-17(20)23(27(29,30)31)40-24-22-21(34-26(33)35-24)18(12-41-22)15-4-2-14(3-5-15)10-19(32)25(38)39;/h5-12,14-16,23,27H,13H2,1-4H3,(H,39,44)(H,42,43);2-9,11-12,19,23H,10,32H2,1H3,(H,38,39)(H2,33,34,35);1H/t23-,27+;19-,23+;/m00./s1. The van der Waals surface area contributed by atoms with Crippen LogP contribution in [0, 0.1) is 13.8 Å². The molecule has 0 aliphatic carbocycles. The Morgan fingerprint density at radius 1 is 0.652 bits per heavy atom. The molecule has 30 heteroatoms. The van der Waals surface area contributed by atoms with Gasteiger partial charge in [-0.1, -0.05) is 83.9 Å². The quantitative estimate of drug-likeness (QED) is 0.0530. The first-order chi connectivity index (χ1) is 41.5. The SMILES string of the molecule is Cc1ccn(-c2cc(Cl)ccc2[C@@H](Oc2nc(N)nc3c(-c4ccc(C[C@H](N)C(=O)O)cc4)csc23)C(F)(F)F)n1.Cc1ccn(-c2cc(Cl)ccc2[C@@H](Oc2ncnc3c(-c4ccc(C[C@H](NC(=O)OC(C)(C)C)C(=O)O)cc4)csc23)C(F)(F)F)n1.Cl. The molecule has 19 nitrogen and oxygen atoms in total. The molecule has 0 fully saturated rings. The molecule has 0 aliphatic rings. The number of carboxylic acid groups (broad SMARTS) is 2. The molecule has 0 saturated heterocycles. The van der Waals surface area contributed by atoms with Crippen molar-refractivity contribution in [3.63, 3.8) is 0 Å². The Hall–Kier alpha value is -8.60. The van der Waals surface area contributed by atoms with Crippen molar-refractivity contribution in [2.75, 3.05) is 5.73 Å². The largest absolute Gasteiger partial charge is 0.480 e. The molecular formula is C59H52Cl3F6N11O8S2. The number of amides is 1. The normalized spacial score (nSPS) is 13.1. The summed E-state index contributed by atoms with van der Waals surface area (Å²) in [5, 5.41) is 33.4. The summed E-state index contributed by atoms with van der Waals surface area (Å²) >= 11 is 14.5. The molecule has 10 rings (SSSR count). The van der Waals surface area contributed by atoms with Crippen LogP contribution in [0.4, 0.5) is 37.1 Å². The van der Waals surface area contributed by atoms with Crippen molar-refractivity contribution in [1.29, 1.82) is 0 Å². The van der Waals surface area contributed by atoms with E-state index in [0.29, 0.717) is 60.5 Å². The van der Waals surface area contributed by atoms with Gasteiger partial charge in [-0.25, -0.2) is 33.9 Å². The number of carboxylic acids is 2. The maximum atomic E-state index is 14.6. The highest BCUT2D eigenvalue weighted by molar-refractivity contribution is 7.18. The van der Waals surface area contributed by atoms with Crippen molar-refractivity contribution in [3.05, 3.63) is 170 Å². The van der Waals surface area contributed by atoms with Gasteiger partial charge in [-0.3, -0.25) is 4.79 Å². The van der Waals surface area contributed by atoms with Crippen LogP contribution in [0.15, 0.2) is 127 Å². The summed E-state index contributed by atoms with van der Waals surface area (Å²) in [6.07, 6.45) is -11.0. The van der Waals surface area contributed by atoms with E-state index in [1.165, 1.54) is 58.2 Å². The number of rotatable bonds is 17. The van der Waals surface area contributed by atoms with Gasteiger partial charge in [0.1, 0.15) is 33.4 Å². The maximum absolute atomic E-state index is 14.6. The van der Waals surface area contributed by atoms with Gasteiger partial charge in [0.2, 0.25) is 29.9 Å². The molecule has 0 radical (unpaired) electrons. The van der Waals surface area contributed by atoms with Crippen molar-refractivity contribution in [1.82, 2.24) is 44.8 Å². The summed E-state index contributed by atoms with van der Waals surface area (Å²) in [7, 11) is 0. The lowest BCUT2D eigenvalue weighted by Gasteiger charge is -2.24. The zero-order valence-corrected chi connectivity index (χ0v) is 51.1. The van der Waals surface area contributed by atoms with Crippen LogP contribution in [0.1, 0.15) is 66.6 Å². The summed E-state index contributed by atoms with van der Waals surface area (Å²) in [5.74, 6) is -3.18. The van der Waals surface area contributed by atoms with Crippen molar-refractivity contribution < 1.29 is 65.1 Å². The van der Waals surface area contributed by atoms with Gasteiger partial charge >= 0.3 is 30.4 Å². The van der Waals surface area contributed by atoms with Crippen LogP contribution in [0.25, 0.3) is 54.1 Å². The number of nitrogen functional groups attached to an aromatic ring is 1. The molecule has 89 heavy (non-hydrogen) atoms. The lowest BCUT2D eigenvalue weighted by molar-refractivity contribution is -0.198.